The van der Waals surface area contributed by atoms with Crippen LogP contribution in [0.25, 0.3) is 10.4 Å². The normalized spacial score (nSPS) is 26.2. The van der Waals surface area contributed by atoms with Gasteiger partial charge in [-0.15, -0.1) is 0 Å². The summed E-state index contributed by atoms with van der Waals surface area (Å²) in [5, 5.41) is 7.45. The third kappa shape index (κ3) is 9.62. The molecule has 1 aliphatic heterocycles. The highest BCUT2D eigenvalue weighted by molar-refractivity contribution is 5.65. The van der Waals surface area contributed by atoms with E-state index in [1.54, 1.807) is 0 Å². The van der Waals surface area contributed by atoms with E-state index in [1.165, 1.54) is 6.92 Å². The maximum absolute atomic E-state index is 11.4. The van der Waals surface area contributed by atoms with Gasteiger partial charge in [0.1, 0.15) is 12.7 Å². The molecule has 5 atom stereocenters. The fourth-order valence-corrected chi connectivity index (χ4v) is 3.41. The summed E-state index contributed by atoms with van der Waals surface area (Å²) in [5.41, 5.74) is 9.17. The van der Waals surface area contributed by atoms with Crippen LogP contribution in [0.3, 0.4) is 0 Å². The lowest BCUT2D eigenvalue weighted by molar-refractivity contribution is -0.149. The number of carbonyl (C=O) groups is 1. The molecule has 0 unspecified atom stereocenters. The molecule has 1 rings (SSSR count). The zero-order chi connectivity index (χ0) is 22.2. The van der Waals surface area contributed by atoms with Gasteiger partial charge in [-0.3, -0.25) is 4.79 Å². The molecule has 30 heavy (non-hydrogen) atoms. The zero-order valence-electron chi connectivity index (χ0n) is 19.0. The van der Waals surface area contributed by atoms with Crippen molar-refractivity contribution in [2.45, 2.75) is 96.6 Å². The van der Waals surface area contributed by atoms with Crippen LogP contribution in [0, 0.1) is 0 Å². The van der Waals surface area contributed by atoms with E-state index in [0.29, 0.717) is 26.4 Å². The molecule has 9 heteroatoms. The molecule has 1 saturated heterocycles. The van der Waals surface area contributed by atoms with Gasteiger partial charge in [0.15, 0.2) is 0 Å². The van der Waals surface area contributed by atoms with Gasteiger partial charge in [0, 0.05) is 31.7 Å². The topological polar surface area (TPSA) is 115 Å². The summed E-state index contributed by atoms with van der Waals surface area (Å²) in [6, 6.07) is -1.08. The van der Waals surface area contributed by atoms with Crippen molar-refractivity contribution in [2.75, 3.05) is 33.0 Å². The van der Waals surface area contributed by atoms with Gasteiger partial charge in [0.25, 0.3) is 0 Å². The number of rotatable bonds is 16. The van der Waals surface area contributed by atoms with Gasteiger partial charge in [-0.05, 0) is 24.8 Å². The van der Waals surface area contributed by atoms with E-state index in [1.807, 2.05) is 0 Å². The van der Waals surface area contributed by atoms with Crippen LogP contribution >= 0.6 is 0 Å². The van der Waals surface area contributed by atoms with Crippen LogP contribution in [-0.2, 0) is 23.7 Å². The number of piperidine rings is 1. The fraction of sp³-hybridized carbons (Fsp3) is 0.952. The second-order valence-corrected chi connectivity index (χ2v) is 7.68. The molecule has 0 aromatic heterocycles. The van der Waals surface area contributed by atoms with E-state index < -0.39 is 12.1 Å². The number of esters is 1. The quantitative estimate of drug-likeness (QED) is 0.132. The van der Waals surface area contributed by atoms with E-state index >= 15 is 0 Å². The van der Waals surface area contributed by atoms with Crippen molar-refractivity contribution in [2.24, 2.45) is 5.11 Å². The minimum atomic E-state index is -0.551. The van der Waals surface area contributed by atoms with E-state index in [4.69, 9.17) is 18.9 Å². The summed E-state index contributed by atoms with van der Waals surface area (Å²) in [6.45, 7) is 10.1. The Kier molecular flexibility index (Phi) is 14.5. The average molecular weight is 429 g/mol. The molecule has 0 amide bonds. The molecule has 0 aliphatic carbocycles. The molecular formula is C21H40N4O5. The Balaban J connectivity index is 3.06. The van der Waals surface area contributed by atoms with Crippen molar-refractivity contribution in [1.29, 1.82) is 0 Å². The molecule has 0 saturated carbocycles. The van der Waals surface area contributed by atoms with E-state index in [0.717, 1.165) is 38.5 Å². The standard InChI is InChI=1S/C21H40N4O5/c1-5-8-11-27-14-18-20(28-12-9-6-2)21(29-13-10-7-3)19(24-25-22)17(23-18)15-30-16(4)26/h17-21,23H,5-15H2,1-4H3/t17-,18-,19+,20-,21-/m1/s1. The minimum absolute atomic E-state index is 0.0970. The predicted molar refractivity (Wildman–Crippen MR) is 115 cm³/mol. The summed E-state index contributed by atoms with van der Waals surface area (Å²) in [5.74, 6) is -0.378. The Morgan fingerprint density at radius 2 is 1.53 bits per heavy atom. The number of carbonyl (C=O) groups excluding carboxylic acids is 1. The number of azide groups is 1. The van der Waals surface area contributed by atoms with Crippen molar-refractivity contribution in [3.63, 3.8) is 0 Å². The summed E-state index contributed by atoms with van der Waals surface area (Å²) >= 11 is 0. The lowest BCUT2D eigenvalue weighted by atomic mass is 9.88. The van der Waals surface area contributed by atoms with Crippen molar-refractivity contribution < 1.29 is 23.7 Å². The maximum atomic E-state index is 11.4. The predicted octanol–water partition coefficient (Wildman–Crippen LogP) is 3.76. The highest BCUT2D eigenvalue weighted by Crippen LogP contribution is 2.26. The van der Waals surface area contributed by atoms with Crippen LogP contribution in [0.4, 0.5) is 0 Å². The minimum Gasteiger partial charge on any atom is -0.464 e. The second-order valence-electron chi connectivity index (χ2n) is 7.68. The molecule has 0 spiro atoms. The Bertz CT molecular complexity index is 516. The van der Waals surface area contributed by atoms with Crippen molar-refractivity contribution >= 4 is 5.97 Å². The largest absolute Gasteiger partial charge is 0.464 e. The number of hydrogen-bond acceptors (Lipinski definition) is 7. The average Bonchev–Trinajstić information content (AvgIpc) is 2.73. The van der Waals surface area contributed by atoms with Crippen LogP contribution in [-0.4, -0.2) is 69.3 Å². The lowest BCUT2D eigenvalue weighted by Crippen LogP contribution is -2.68. The van der Waals surface area contributed by atoms with Crippen LogP contribution in [0.5, 0.6) is 0 Å². The monoisotopic (exact) mass is 428 g/mol. The Morgan fingerprint density at radius 1 is 0.933 bits per heavy atom. The first-order valence-electron chi connectivity index (χ1n) is 11.3. The van der Waals surface area contributed by atoms with Gasteiger partial charge in [-0.1, -0.05) is 45.1 Å². The molecule has 0 radical (unpaired) electrons. The van der Waals surface area contributed by atoms with Crippen molar-refractivity contribution in [1.82, 2.24) is 5.32 Å². The summed E-state index contributed by atoms with van der Waals surface area (Å²) in [7, 11) is 0. The van der Waals surface area contributed by atoms with Crippen LogP contribution < -0.4 is 5.32 Å². The first-order chi connectivity index (χ1) is 14.6. The maximum Gasteiger partial charge on any atom is 0.302 e. The highest BCUT2D eigenvalue weighted by atomic mass is 16.5. The molecule has 0 aromatic carbocycles. The summed E-state index contributed by atoms with van der Waals surface area (Å²) in [4.78, 5) is 14.4. The third-order valence-corrected chi connectivity index (χ3v) is 5.10. The Hall–Kier alpha value is -1.38. The number of hydrogen-bond donors (Lipinski definition) is 1. The van der Waals surface area contributed by atoms with Gasteiger partial charge >= 0.3 is 5.97 Å². The van der Waals surface area contributed by atoms with Gasteiger partial charge < -0.3 is 24.3 Å². The molecular weight excluding hydrogens is 388 g/mol. The number of nitrogens with zero attached hydrogens (tertiary/aromatic N) is 3. The summed E-state index contributed by atoms with van der Waals surface area (Å²) in [6.07, 6.45) is 5.15. The van der Waals surface area contributed by atoms with Crippen molar-refractivity contribution in [3.05, 3.63) is 10.4 Å². The SMILES string of the molecule is CCCCOC[C@H]1N[C@H](COC(C)=O)[C@H](N=[N+]=[N-])[C@@H](OCCCC)[C@@H]1OCCCC. The zero-order valence-corrected chi connectivity index (χ0v) is 19.0. The third-order valence-electron chi connectivity index (χ3n) is 5.10. The molecule has 1 aliphatic rings. The van der Waals surface area contributed by atoms with E-state index in [9.17, 15) is 10.3 Å². The van der Waals surface area contributed by atoms with Crippen LogP contribution in [0.1, 0.15) is 66.2 Å². The first-order valence-corrected chi connectivity index (χ1v) is 11.3. The number of ether oxygens (including phenoxy) is 4. The number of nitrogens with one attached hydrogen (secondary N) is 1. The molecule has 9 nitrogen and oxygen atoms in total. The molecule has 1 N–H and O–H groups in total. The lowest BCUT2D eigenvalue weighted by Gasteiger charge is -2.45. The van der Waals surface area contributed by atoms with Gasteiger partial charge in [-0.2, -0.15) is 0 Å². The molecule has 0 aromatic rings. The first kappa shape index (κ1) is 26.7. The molecule has 1 fully saturated rings. The Morgan fingerprint density at radius 3 is 2.10 bits per heavy atom. The Labute approximate surface area is 180 Å². The second kappa shape index (κ2) is 16.3. The summed E-state index contributed by atoms with van der Waals surface area (Å²) < 4.78 is 23.5. The van der Waals surface area contributed by atoms with E-state index in [-0.39, 0.29) is 30.8 Å². The van der Waals surface area contributed by atoms with Gasteiger partial charge in [0.2, 0.25) is 0 Å². The van der Waals surface area contributed by atoms with Crippen LogP contribution in [0.2, 0.25) is 0 Å². The smallest absolute Gasteiger partial charge is 0.302 e. The molecule has 0 bridgehead atoms. The van der Waals surface area contributed by atoms with Gasteiger partial charge in [-0.25, -0.2) is 0 Å². The molecule has 1 heterocycles. The fourth-order valence-electron chi connectivity index (χ4n) is 3.41. The van der Waals surface area contributed by atoms with Crippen LogP contribution in [0.15, 0.2) is 5.11 Å². The highest BCUT2D eigenvalue weighted by Gasteiger charge is 2.46. The van der Waals surface area contributed by atoms with Gasteiger partial charge in [0.05, 0.1) is 30.8 Å². The number of unbranched alkanes of at least 4 members (excludes halogenated alkanes) is 3. The van der Waals surface area contributed by atoms with Crippen molar-refractivity contribution in [3.8, 4) is 0 Å². The van der Waals surface area contributed by atoms with E-state index in [2.05, 4.69) is 36.1 Å². The molecule has 174 valence electrons.